The highest BCUT2D eigenvalue weighted by Crippen LogP contribution is 2.37. The van der Waals surface area contributed by atoms with Crippen LogP contribution in [0.25, 0.3) is 0 Å². The fourth-order valence-electron chi connectivity index (χ4n) is 3.51. The molecule has 3 rings (SSSR count). The van der Waals surface area contributed by atoms with E-state index in [0.29, 0.717) is 18.0 Å². The molecule has 4 atom stereocenters. The van der Waals surface area contributed by atoms with Crippen molar-refractivity contribution in [3.8, 4) is 5.75 Å². The van der Waals surface area contributed by atoms with Gasteiger partial charge in [-0.3, -0.25) is 0 Å². The van der Waals surface area contributed by atoms with Crippen LogP contribution < -0.4 is 10.1 Å². The second-order valence-corrected chi connectivity index (χ2v) is 7.33. The van der Waals surface area contributed by atoms with E-state index in [9.17, 15) is 0 Å². The van der Waals surface area contributed by atoms with Gasteiger partial charge in [0.2, 0.25) is 0 Å². The molecule has 0 aromatic heterocycles. The maximum absolute atomic E-state index is 5.85. The topological polar surface area (TPSA) is 21.3 Å². The van der Waals surface area contributed by atoms with Gasteiger partial charge in [-0.1, -0.05) is 31.5 Å². The van der Waals surface area contributed by atoms with Crippen LogP contribution in [0.3, 0.4) is 0 Å². The molecule has 3 heteroatoms. The largest absolute Gasteiger partial charge is 0.493 e. The molecule has 1 heterocycles. The van der Waals surface area contributed by atoms with E-state index in [1.165, 1.54) is 31.2 Å². The zero-order valence-electron chi connectivity index (χ0n) is 12.5. The molecule has 20 heavy (non-hydrogen) atoms. The molecule has 2 aliphatic rings. The first-order valence-corrected chi connectivity index (χ1v) is 9.07. The maximum Gasteiger partial charge on any atom is 0.124 e. The van der Waals surface area contributed by atoms with Gasteiger partial charge < -0.3 is 10.1 Å². The van der Waals surface area contributed by atoms with Crippen molar-refractivity contribution in [2.45, 2.75) is 49.9 Å². The third-order valence-electron chi connectivity index (χ3n) is 4.70. The van der Waals surface area contributed by atoms with Crippen LogP contribution in [0.4, 0.5) is 0 Å². The average Bonchev–Trinajstić information content (AvgIpc) is 2.50. The minimum Gasteiger partial charge on any atom is -0.493 e. The van der Waals surface area contributed by atoms with Gasteiger partial charge in [-0.25, -0.2) is 0 Å². The van der Waals surface area contributed by atoms with Crippen molar-refractivity contribution in [2.24, 2.45) is 5.92 Å². The molecule has 2 nitrogen and oxygen atoms in total. The number of benzene rings is 1. The molecular formula is C17H25NOS. The summed E-state index contributed by atoms with van der Waals surface area (Å²) in [6, 6.07) is 9.63. The lowest BCUT2D eigenvalue weighted by molar-refractivity contribution is 0.173. The summed E-state index contributed by atoms with van der Waals surface area (Å²) >= 11 is 2.03. The van der Waals surface area contributed by atoms with E-state index in [-0.39, 0.29) is 0 Å². The van der Waals surface area contributed by atoms with E-state index in [0.717, 1.165) is 17.6 Å². The molecule has 4 unspecified atom stereocenters. The Morgan fingerprint density at radius 1 is 1.25 bits per heavy atom. The minimum absolute atomic E-state index is 0.450. The Labute approximate surface area is 126 Å². The van der Waals surface area contributed by atoms with Crippen molar-refractivity contribution < 1.29 is 4.74 Å². The Morgan fingerprint density at radius 3 is 2.95 bits per heavy atom. The van der Waals surface area contributed by atoms with Crippen LogP contribution in [0.2, 0.25) is 0 Å². The van der Waals surface area contributed by atoms with Crippen LogP contribution in [-0.4, -0.2) is 24.2 Å². The van der Waals surface area contributed by atoms with Crippen molar-refractivity contribution in [1.82, 2.24) is 5.32 Å². The van der Waals surface area contributed by atoms with Gasteiger partial charge in [0.15, 0.2) is 0 Å². The van der Waals surface area contributed by atoms with Gasteiger partial charge in [-0.05, 0) is 31.6 Å². The van der Waals surface area contributed by atoms with Gasteiger partial charge in [0.05, 0.1) is 6.61 Å². The van der Waals surface area contributed by atoms with Crippen LogP contribution in [0.15, 0.2) is 24.3 Å². The fourth-order valence-corrected chi connectivity index (χ4v) is 4.34. The highest BCUT2D eigenvalue weighted by Gasteiger charge is 2.31. The zero-order valence-corrected chi connectivity index (χ0v) is 13.3. The summed E-state index contributed by atoms with van der Waals surface area (Å²) in [4.78, 5) is 0. The smallest absolute Gasteiger partial charge is 0.124 e. The fraction of sp³-hybridized carbons (Fsp3) is 0.647. The van der Waals surface area contributed by atoms with Gasteiger partial charge in [-0.15, -0.1) is 0 Å². The van der Waals surface area contributed by atoms with Crippen LogP contribution in [-0.2, 0) is 0 Å². The molecule has 110 valence electrons. The van der Waals surface area contributed by atoms with E-state index < -0.39 is 0 Å². The van der Waals surface area contributed by atoms with Crippen molar-refractivity contribution in [2.75, 3.05) is 12.9 Å². The standard InChI is InChI=1S/C17H25NOS/c1-12-11-19-16-9-4-3-8-15(16)17(12)18-13-6-5-7-14(10-13)20-2/h3-4,8-9,12-14,17-18H,5-7,10-11H2,1-2H3. The van der Waals surface area contributed by atoms with Crippen molar-refractivity contribution >= 4 is 11.8 Å². The van der Waals surface area contributed by atoms with Crippen LogP contribution in [0.5, 0.6) is 5.75 Å². The third kappa shape index (κ3) is 2.99. The minimum atomic E-state index is 0.450. The summed E-state index contributed by atoms with van der Waals surface area (Å²) in [6.07, 6.45) is 7.64. The summed E-state index contributed by atoms with van der Waals surface area (Å²) < 4.78 is 5.85. The number of hydrogen-bond donors (Lipinski definition) is 1. The first-order chi connectivity index (χ1) is 9.78. The Morgan fingerprint density at radius 2 is 2.10 bits per heavy atom. The molecule has 0 radical (unpaired) electrons. The quantitative estimate of drug-likeness (QED) is 0.909. The number of ether oxygens (including phenoxy) is 1. The zero-order chi connectivity index (χ0) is 13.9. The first-order valence-electron chi connectivity index (χ1n) is 7.78. The van der Waals surface area contributed by atoms with Gasteiger partial charge in [0, 0.05) is 28.8 Å². The van der Waals surface area contributed by atoms with Crippen LogP contribution in [0.1, 0.15) is 44.2 Å². The molecule has 1 aromatic carbocycles. The third-order valence-corrected chi connectivity index (χ3v) is 5.79. The molecule has 0 spiro atoms. The number of fused-ring (bicyclic) bond motifs is 1. The van der Waals surface area contributed by atoms with Gasteiger partial charge in [-0.2, -0.15) is 11.8 Å². The molecule has 1 aliphatic heterocycles. The second-order valence-electron chi connectivity index (χ2n) is 6.19. The summed E-state index contributed by atoms with van der Waals surface area (Å²) in [6.45, 7) is 3.12. The molecule has 1 N–H and O–H groups in total. The van der Waals surface area contributed by atoms with E-state index >= 15 is 0 Å². The van der Waals surface area contributed by atoms with Gasteiger partial charge in [0.1, 0.15) is 5.75 Å². The molecule has 1 aromatic rings. The van der Waals surface area contributed by atoms with Gasteiger partial charge >= 0.3 is 0 Å². The normalized spacial score (nSPS) is 33.3. The summed E-state index contributed by atoms with van der Waals surface area (Å²) in [5.41, 5.74) is 1.34. The van der Waals surface area contributed by atoms with Crippen molar-refractivity contribution in [3.05, 3.63) is 29.8 Å². The van der Waals surface area contributed by atoms with Crippen LogP contribution >= 0.6 is 11.8 Å². The molecule has 0 bridgehead atoms. The molecule has 1 aliphatic carbocycles. The molecule has 0 amide bonds. The van der Waals surface area contributed by atoms with Crippen molar-refractivity contribution in [3.63, 3.8) is 0 Å². The molecule has 1 fully saturated rings. The van der Waals surface area contributed by atoms with Crippen LogP contribution in [0, 0.1) is 5.92 Å². The summed E-state index contributed by atoms with van der Waals surface area (Å²) in [5, 5.41) is 4.77. The lowest BCUT2D eigenvalue weighted by Crippen LogP contribution is -2.42. The molecular weight excluding hydrogens is 266 g/mol. The maximum atomic E-state index is 5.85. The van der Waals surface area contributed by atoms with Crippen molar-refractivity contribution in [1.29, 1.82) is 0 Å². The number of para-hydroxylation sites is 1. The predicted octanol–water partition coefficient (Wildman–Crippen LogP) is 4.02. The van der Waals surface area contributed by atoms with E-state index in [4.69, 9.17) is 4.74 Å². The molecule has 1 saturated carbocycles. The lowest BCUT2D eigenvalue weighted by Gasteiger charge is -2.37. The Hall–Kier alpha value is -0.670. The summed E-state index contributed by atoms with van der Waals surface area (Å²) in [7, 11) is 0. The second kappa shape index (κ2) is 6.40. The SMILES string of the molecule is CSC1CCCC(NC2c3ccccc3OCC2C)C1. The number of nitrogens with one attached hydrogen (secondary N) is 1. The predicted molar refractivity (Wildman–Crippen MR) is 86.5 cm³/mol. The van der Waals surface area contributed by atoms with Gasteiger partial charge in [0.25, 0.3) is 0 Å². The summed E-state index contributed by atoms with van der Waals surface area (Å²) in [5.74, 6) is 1.61. The number of thioether (sulfide) groups is 1. The highest BCUT2D eigenvalue weighted by molar-refractivity contribution is 7.99. The average molecular weight is 291 g/mol. The van der Waals surface area contributed by atoms with E-state index in [1.54, 1.807) is 0 Å². The Kier molecular flexibility index (Phi) is 4.57. The monoisotopic (exact) mass is 291 g/mol. The lowest BCUT2D eigenvalue weighted by atomic mass is 9.88. The Bertz CT molecular complexity index is 450. The van der Waals surface area contributed by atoms with E-state index in [1.807, 2.05) is 11.8 Å². The molecule has 0 saturated heterocycles. The number of rotatable bonds is 3. The highest BCUT2D eigenvalue weighted by atomic mass is 32.2. The van der Waals surface area contributed by atoms with E-state index in [2.05, 4.69) is 42.8 Å². The Balaban J connectivity index is 1.73. The number of hydrogen-bond acceptors (Lipinski definition) is 3. The first kappa shape index (κ1) is 14.3.